The molecular formula is C26H48N2O5. The van der Waals surface area contributed by atoms with Crippen molar-refractivity contribution in [3.63, 3.8) is 0 Å². The van der Waals surface area contributed by atoms with Gasteiger partial charge in [0.2, 0.25) is 0 Å². The Morgan fingerprint density at radius 1 is 0.970 bits per heavy atom. The van der Waals surface area contributed by atoms with E-state index in [0.29, 0.717) is 6.04 Å². The summed E-state index contributed by atoms with van der Waals surface area (Å²) in [7, 11) is 1.44. The van der Waals surface area contributed by atoms with Gasteiger partial charge in [-0.25, -0.2) is 4.79 Å². The molecule has 0 aromatic heterocycles. The van der Waals surface area contributed by atoms with E-state index in [0.717, 1.165) is 44.6 Å². The Bertz CT molecular complexity index is 625. The second-order valence-corrected chi connectivity index (χ2v) is 11.7. The summed E-state index contributed by atoms with van der Waals surface area (Å²) < 4.78 is 16.7. The summed E-state index contributed by atoms with van der Waals surface area (Å²) in [4.78, 5) is 26.3. The van der Waals surface area contributed by atoms with Crippen molar-refractivity contribution >= 4 is 12.1 Å². The average molecular weight is 469 g/mol. The minimum absolute atomic E-state index is 0.116. The summed E-state index contributed by atoms with van der Waals surface area (Å²) in [6, 6.07) is 0.612. The van der Waals surface area contributed by atoms with Gasteiger partial charge in [-0.1, -0.05) is 0 Å². The highest BCUT2D eigenvalue weighted by Crippen LogP contribution is 2.30. The number of esters is 1. The van der Waals surface area contributed by atoms with Gasteiger partial charge in [-0.15, -0.1) is 0 Å². The molecule has 0 spiro atoms. The third kappa shape index (κ3) is 8.75. The molecule has 2 unspecified atom stereocenters. The van der Waals surface area contributed by atoms with E-state index in [-0.39, 0.29) is 30.3 Å². The number of ether oxygens (including phenoxy) is 3. The zero-order valence-electron chi connectivity index (χ0n) is 22.2. The van der Waals surface area contributed by atoms with Crippen molar-refractivity contribution in [3.8, 4) is 0 Å². The Morgan fingerprint density at radius 2 is 1.55 bits per heavy atom. The van der Waals surface area contributed by atoms with Gasteiger partial charge in [0.1, 0.15) is 11.1 Å². The number of piperidine rings is 1. The standard InChI is InChI=1S/C26H48N2O5/c1-18-16-22(17-19(2)28(18)24(30)33-25(3,4)5)32-15-9-10-20-11-13-21(14-12-20)27-26(6,7)23(29)31-8/h18-22,27H,9-17H2,1-8H3. The summed E-state index contributed by atoms with van der Waals surface area (Å²) in [5.74, 6) is 0.530. The van der Waals surface area contributed by atoms with Crippen LogP contribution >= 0.6 is 0 Å². The van der Waals surface area contributed by atoms with Gasteiger partial charge < -0.3 is 19.1 Å². The van der Waals surface area contributed by atoms with E-state index in [4.69, 9.17) is 14.2 Å². The maximum Gasteiger partial charge on any atom is 0.410 e. The summed E-state index contributed by atoms with van der Waals surface area (Å²) in [6.45, 7) is 14.5. The Hall–Kier alpha value is -1.34. The first-order valence-corrected chi connectivity index (χ1v) is 12.8. The third-order valence-electron chi connectivity index (χ3n) is 6.98. The molecular weight excluding hydrogens is 420 g/mol. The fourth-order valence-corrected chi connectivity index (χ4v) is 5.37. The fourth-order valence-electron chi connectivity index (χ4n) is 5.37. The van der Waals surface area contributed by atoms with Gasteiger partial charge in [-0.05, 0) is 106 Å². The van der Waals surface area contributed by atoms with E-state index in [1.807, 2.05) is 39.5 Å². The minimum atomic E-state index is -0.632. The zero-order chi connectivity index (χ0) is 24.8. The molecule has 1 amide bonds. The molecule has 2 rings (SSSR count). The van der Waals surface area contributed by atoms with Crippen LogP contribution in [0.3, 0.4) is 0 Å². The summed E-state index contributed by atoms with van der Waals surface area (Å²) >= 11 is 0. The van der Waals surface area contributed by atoms with Crippen molar-refractivity contribution in [2.75, 3.05) is 13.7 Å². The molecule has 1 aliphatic heterocycles. The normalized spacial score (nSPS) is 29.0. The Balaban J connectivity index is 1.65. The van der Waals surface area contributed by atoms with Crippen LogP contribution in [0.2, 0.25) is 0 Å². The van der Waals surface area contributed by atoms with Crippen molar-refractivity contribution in [2.24, 2.45) is 5.92 Å². The molecule has 1 aliphatic carbocycles. The van der Waals surface area contributed by atoms with Crippen LogP contribution in [0, 0.1) is 5.92 Å². The first-order chi connectivity index (χ1) is 15.3. The average Bonchev–Trinajstić information content (AvgIpc) is 2.69. The Morgan fingerprint density at radius 3 is 2.06 bits per heavy atom. The van der Waals surface area contributed by atoms with Crippen LogP contribution < -0.4 is 5.32 Å². The smallest absolute Gasteiger partial charge is 0.410 e. The highest BCUT2D eigenvalue weighted by molar-refractivity contribution is 5.79. The number of likely N-dealkylation sites (tertiary alicyclic amines) is 1. The van der Waals surface area contributed by atoms with E-state index in [1.54, 1.807) is 0 Å². The number of rotatable bonds is 8. The molecule has 2 atom stereocenters. The molecule has 7 nitrogen and oxygen atoms in total. The van der Waals surface area contributed by atoms with Crippen LogP contribution in [-0.4, -0.2) is 66.0 Å². The number of hydrogen-bond donors (Lipinski definition) is 1. The molecule has 33 heavy (non-hydrogen) atoms. The van der Waals surface area contributed by atoms with Gasteiger partial charge in [0.05, 0.1) is 13.2 Å². The molecule has 192 valence electrons. The van der Waals surface area contributed by atoms with E-state index < -0.39 is 11.1 Å². The van der Waals surface area contributed by atoms with Crippen molar-refractivity contribution in [2.45, 2.75) is 135 Å². The quantitative estimate of drug-likeness (QED) is 0.396. The lowest BCUT2D eigenvalue weighted by Crippen LogP contribution is -2.53. The molecule has 0 radical (unpaired) electrons. The Kier molecular flexibility index (Phi) is 10.0. The van der Waals surface area contributed by atoms with Gasteiger partial charge in [0.15, 0.2) is 0 Å². The highest BCUT2D eigenvalue weighted by Gasteiger charge is 2.37. The molecule has 0 bridgehead atoms. The lowest BCUT2D eigenvalue weighted by molar-refractivity contribution is -0.147. The summed E-state index contributed by atoms with van der Waals surface area (Å²) in [5.41, 5.74) is -1.11. The molecule has 0 aromatic rings. The van der Waals surface area contributed by atoms with E-state index in [2.05, 4.69) is 19.2 Å². The second kappa shape index (κ2) is 11.9. The third-order valence-corrected chi connectivity index (χ3v) is 6.98. The van der Waals surface area contributed by atoms with Gasteiger partial charge in [-0.3, -0.25) is 10.1 Å². The first kappa shape index (κ1) is 27.9. The number of hydrogen-bond acceptors (Lipinski definition) is 6. The van der Waals surface area contributed by atoms with Crippen molar-refractivity contribution in [3.05, 3.63) is 0 Å². The molecule has 1 heterocycles. The maximum atomic E-state index is 12.6. The monoisotopic (exact) mass is 468 g/mol. The molecule has 0 aromatic carbocycles. The SMILES string of the molecule is COC(=O)C(C)(C)NC1CCC(CCCOC2CC(C)N(C(=O)OC(C)(C)C)C(C)C2)CC1. The molecule has 1 N–H and O–H groups in total. The van der Waals surface area contributed by atoms with Gasteiger partial charge >= 0.3 is 12.1 Å². The number of carbonyl (C=O) groups excluding carboxylic acids is 2. The van der Waals surface area contributed by atoms with Crippen molar-refractivity contribution < 1.29 is 23.8 Å². The largest absolute Gasteiger partial charge is 0.468 e. The summed E-state index contributed by atoms with van der Waals surface area (Å²) in [6.07, 6.45) is 8.55. The number of amides is 1. The van der Waals surface area contributed by atoms with Crippen molar-refractivity contribution in [1.82, 2.24) is 10.2 Å². The number of carbonyl (C=O) groups is 2. The lowest BCUT2D eigenvalue weighted by Gasteiger charge is -2.42. The van der Waals surface area contributed by atoms with E-state index in [1.165, 1.54) is 26.4 Å². The fraction of sp³-hybridized carbons (Fsp3) is 0.923. The number of nitrogens with one attached hydrogen (secondary N) is 1. The Labute approximate surface area is 201 Å². The zero-order valence-corrected chi connectivity index (χ0v) is 22.2. The van der Waals surface area contributed by atoms with Crippen LogP contribution in [-0.2, 0) is 19.0 Å². The predicted molar refractivity (Wildman–Crippen MR) is 130 cm³/mol. The van der Waals surface area contributed by atoms with Crippen molar-refractivity contribution in [1.29, 1.82) is 0 Å². The van der Waals surface area contributed by atoms with Gasteiger partial charge in [0.25, 0.3) is 0 Å². The topological polar surface area (TPSA) is 77.1 Å². The van der Waals surface area contributed by atoms with Gasteiger partial charge in [0, 0.05) is 24.7 Å². The molecule has 1 saturated heterocycles. The lowest BCUT2D eigenvalue weighted by atomic mass is 9.82. The highest BCUT2D eigenvalue weighted by atomic mass is 16.6. The number of methoxy groups -OCH3 is 1. The van der Waals surface area contributed by atoms with Crippen LogP contribution in [0.5, 0.6) is 0 Å². The van der Waals surface area contributed by atoms with Crippen LogP contribution in [0.1, 0.15) is 99.8 Å². The molecule has 2 aliphatic rings. The maximum absolute atomic E-state index is 12.6. The van der Waals surface area contributed by atoms with Gasteiger partial charge in [-0.2, -0.15) is 0 Å². The number of nitrogens with zero attached hydrogens (tertiary/aromatic N) is 1. The minimum Gasteiger partial charge on any atom is -0.468 e. The summed E-state index contributed by atoms with van der Waals surface area (Å²) in [5, 5.41) is 3.47. The van der Waals surface area contributed by atoms with Crippen LogP contribution in [0.4, 0.5) is 4.79 Å². The molecule has 2 fully saturated rings. The first-order valence-electron chi connectivity index (χ1n) is 12.8. The van der Waals surface area contributed by atoms with Crippen LogP contribution in [0.25, 0.3) is 0 Å². The second-order valence-electron chi connectivity index (χ2n) is 11.7. The van der Waals surface area contributed by atoms with E-state index in [9.17, 15) is 9.59 Å². The molecule has 1 saturated carbocycles. The van der Waals surface area contributed by atoms with E-state index >= 15 is 0 Å². The van der Waals surface area contributed by atoms with Crippen LogP contribution in [0.15, 0.2) is 0 Å². The predicted octanol–water partition coefficient (Wildman–Crippen LogP) is 5.06. The molecule has 7 heteroatoms.